The van der Waals surface area contributed by atoms with Gasteiger partial charge in [0.1, 0.15) is 5.78 Å². The van der Waals surface area contributed by atoms with Gasteiger partial charge in [-0.05, 0) is 26.0 Å². The molecule has 0 fully saturated rings. The van der Waals surface area contributed by atoms with Crippen LogP contribution in [0.25, 0.3) is 0 Å². The second kappa shape index (κ2) is 5.24. The first-order valence-electron chi connectivity index (χ1n) is 4.75. The van der Waals surface area contributed by atoms with Gasteiger partial charge in [-0.15, -0.1) is 0 Å². The van der Waals surface area contributed by atoms with Crippen LogP contribution < -0.4 is 0 Å². The monoisotopic (exact) mass is 207 g/mol. The minimum Gasteiger partial charge on any atom is -0.462 e. The number of aromatic nitrogens is 1. The van der Waals surface area contributed by atoms with Gasteiger partial charge in [-0.2, -0.15) is 0 Å². The van der Waals surface area contributed by atoms with Crippen LogP contribution in [-0.4, -0.2) is 23.3 Å². The number of rotatable bonds is 4. The summed E-state index contributed by atoms with van der Waals surface area (Å²) in [5, 5.41) is 0. The molecule has 0 bridgehead atoms. The Bertz CT molecular complexity index is 374. The van der Waals surface area contributed by atoms with Crippen molar-refractivity contribution in [2.45, 2.75) is 20.3 Å². The van der Waals surface area contributed by atoms with Gasteiger partial charge in [0.15, 0.2) is 0 Å². The van der Waals surface area contributed by atoms with Crippen molar-refractivity contribution in [1.82, 2.24) is 4.98 Å². The predicted octanol–water partition coefficient (Wildman–Crippen LogP) is 1.39. The number of pyridine rings is 1. The summed E-state index contributed by atoms with van der Waals surface area (Å²) in [7, 11) is 0. The first-order valence-corrected chi connectivity index (χ1v) is 4.75. The van der Waals surface area contributed by atoms with E-state index in [2.05, 4.69) is 4.98 Å². The molecule has 1 aromatic heterocycles. The lowest BCUT2D eigenvalue weighted by atomic mass is 10.1. The third-order valence-electron chi connectivity index (χ3n) is 1.80. The Morgan fingerprint density at radius 1 is 1.47 bits per heavy atom. The SMILES string of the molecule is CCOC(=O)c1cccnc1CC(C)=O. The Morgan fingerprint density at radius 2 is 2.20 bits per heavy atom. The molecule has 0 aliphatic heterocycles. The molecule has 15 heavy (non-hydrogen) atoms. The zero-order chi connectivity index (χ0) is 11.3. The van der Waals surface area contributed by atoms with Gasteiger partial charge in [0.2, 0.25) is 0 Å². The van der Waals surface area contributed by atoms with Gasteiger partial charge in [-0.25, -0.2) is 4.79 Å². The lowest BCUT2D eigenvalue weighted by Crippen LogP contribution is -2.11. The predicted molar refractivity (Wildman–Crippen MR) is 54.6 cm³/mol. The average molecular weight is 207 g/mol. The number of ketones is 1. The van der Waals surface area contributed by atoms with Crippen LogP contribution in [-0.2, 0) is 16.0 Å². The van der Waals surface area contributed by atoms with Crippen LogP contribution in [0.2, 0.25) is 0 Å². The highest BCUT2D eigenvalue weighted by atomic mass is 16.5. The van der Waals surface area contributed by atoms with E-state index in [-0.39, 0.29) is 12.2 Å². The van der Waals surface area contributed by atoms with E-state index in [4.69, 9.17) is 4.74 Å². The van der Waals surface area contributed by atoms with Gasteiger partial charge >= 0.3 is 5.97 Å². The van der Waals surface area contributed by atoms with E-state index in [0.29, 0.717) is 17.9 Å². The van der Waals surface area contributed by atoms with Crippen molar-refractivity contribution < 1.29 is 14.3 Å². The molecule has 1 heterocycles. The van der Waals surface area contributed by atoms with Crippen LogP contribution in [0, 0.1) is 0 Å². The highest BCUT2D eigenvalue weighted by molar-refractivity contribution is 5.92. The van der Waals surface area contributed by atoms with E-state index >= 15 is 0 Å². The summed E-state index contributed by atoms with van der Waals surface area (Å²) >= 11 is 0. The number of ether oxygens (including phenoxy) is 1. The summed E-state index contributed by atoms with van der Waals surface area (Å²) in [4.78, 5) is 26.4. The largest absolute Gasteiger partial charge is 0.462 e. The molecule has 0 unspecified atom stereocenters. The van der Waals surface area contributed by atoms with Crippen LogP contribution in [0.4, 0.5) is 0 Å². The van der Waals surface area contributed by atoms with Gasteiger partial charge in [0.25, 0.3) is 0 Å². The molecule has 0 saturated carbocycles. The maximum Gasteiger partial charge on any atom is 0.339 e. The van der Waals surface area contributed by atoms with Crippen LogP contribution >= 0.6 is 0 Å². The lowest BCUT2D eigenvalue weighted by molar-refractivity contribution is -0.116. The van der Waals surface area contributed by atoms with Gasteiger partial charge in [0.05, 0.1) is 17.9 Å². The van der Waals surface area contributed by atoms with Crippen molar-refractivity contribution >= 4 is 11.8 Å². The van der Waals surface area contributed by atoms with E-state index in [1.165, 1.54) is 6.92 Å². The number of hydrogen-bond acceptors (Lipinski definition) is 4. The van der Waals surface area contributed by atoms with Gasteiger partial charge in [-0.1, -0.05) is 0 Å². The second-order valence-corrected chi connectivity index (χ2v) is 3.10. The van der Waals surface area contributed by atoms with E-state index in [1.54, 1.807) is 25.3 Å². The zero-order valence-corrected chi connectivity index (χ0v) is 8.82. The molecule has 0 radical (unpaired) electrons. The molecule has 0 spiro atoms. The van der Waals surface area contributed by atoms with E-state index in [1.807, 2.05) is 0 Å². The summed E-state index contributed by atoms with van der Waals surface area (Å²) < 4.78 is 4.86. The lowest BCUT2D eigenvalue weighted by Gasteiger charge is -2.05. The molecule has 1 aromatic rings. The fourth-order valence-electron chi connectivity index (χ4n) is 1.21. The molecule has 0 aromatic carbocycles. The molecule has 0 aliphatic carbocycles. The number of Topliss-reactive ketones (excluding diaryl/α,β-unsaturated/α-hetero) is 1. The fraction of sp³-hybridized carbons (Fsp3) is 0.364. The number of carbonyl (C=O) groups excluding carboxylic acids is 2. The van der Waals surface area contributed by atoms with Crippen LogP contribution in [0.1, 0.15) is 29.9 Å². The maximum atomic E-state index is 11.5. The smallest absolute Gasteiger partial charge is 0.339 e. The van der Waals surface area contributed by atoms with E-state index < -0.39 is 5.97 Å². The first-order chi connectivity index (χ1) is 7.15. The summed E-state index contributed by atoms with van der Waals surface area (Å²) in [5.74, 6) is -0.457. The maximum absolute atomic E-state index is 11.5. The standard InChI is InChI=1S/C11H13NO3/c1-3-15-11(14)9-5-4-6-12-10(9)7-8(2)13/h4-6H,3,7H2,1-2H3. The molecule has 0 saturated heterocycles. The average Bonchev–Trinajstić information content (AvgIpc) is 2.18. The molecule has 4 heteroatoms. The van der Waals surface area contributed by atoms with E-state index in [0.717, 1.165) is 0 Å². The Hall–Kier alpha value is -1.71. The molecule has 0 amide bonds. The molecular weight excluding hydrogens is 194 g/mol. The number of esters is 1. The Kier molecular flexibility index (Phi) is 3.97. The van der Waals surface area contributed by atoms with Crippen molar-refractivity contribution in [2.75, 3.05) is 6.61 Å². The zero-order valence-electron chi connectivity index (χ0n) is 8.82. The highest BCUT2D eigenvalue weighted by Gasteiger charge is 2.13. The van der Waals surface area contributed by atoms with Crippen molar-refractivity contribution in [3.8, 4) is 0 Å². The topological polar surface area (TPSA) is 56.3 Å². The molecule has 80 valence electrons. The minimum absolute atomic E-state index is 0.0285. The summed E-state index contributed by atoms with van der Waals surface area (Å²) in [6.07, 6.45) is 1.72. The number of carbonyl (C=O) groups is 2. The number of nitrogens with zero attached hydrogens (tertiary/aromatic N) is 1. The summed E-state index contributed by atoms with van der Waals surface area (Å²) in [5.41, 5.74) is 0.845. The normalized spacial score (nSPS) is 9.73. The molecule has 0 aliphatic rings. The Balaban J connectivity index is 2.95. The number of hydrogen-bond donors (Lipinski definition) is 0. The molecule has 0 N–H and O–H groups in total. The van der Waals surface area contributed by atoms with E-state index in [9.17, 15) is 9.59 Å². The molecular formula is C11H13NO3. The highest BCUT2D eigenvalue weighted by Crippen LogP contribution is 2.08. The fourth-order valence-corrected chi connectivity index (χ4v) is 1.21. The minimum atomic E-state index is -0.429. The van der Waals surface area contributed by atoms with Crippen LogP contribution in [0.5, 0.6) is 0 Å². The van der Waals surface area contributed by atoms with Crippen molar-refractivity contribution in [3.05, 3.63) is 29.6 Å². The third kappa shape index (κ3) is 3.16. The summed E-state index contributed by atoms with van der Waals surface area (Å²) in [6.45, 7) is 3.51. The Labute approximate surface area is 88.3 Å². The van der Waals surface area contributed by atoms with Gasteiger partial charge < -0.3 is 4.74 Å². The van der Waals surface area contributed by atoms with Crippen molar-refractivity contribution in [2.24, 2.45) is 0 Å². The quantitative estimate of drug-likeness (QED) is 0.700. The third-order valence-corrected chi connectivity index (χ3v) is 1.80. The summed E-state index contributed by atoms with van der Waals surface area (Å²) in [6, 6.07) is 3.26. The van der Waals surface area contributed by atoms with Crippen LogP contribution in [0.15, 0.2) is 18.3 Å². The van der Waals surface area contributed by atoms with Gasteiger partial charge in [0, 0.05) is 12.6 Å². The van der Waals surface area contributed by atoms with Crippen LogP contribution in [0.3, 0.4) is 0 Å². The second-order valence-electron chi connectivity index (χ2n) is 3.10. The molecule has 0 atom stereocenters. The Morgan fingerprint density at radius 3 is 2.80 bits per heavy atom. The van der Waals surface area contributed by atoms with Crippen molar-refractivity contribution in [1.29, 1.82) is 0 Å². The molecule has 1 rings (SSSR count). The first kappa shape index (κ1) is 11.4. The van der Waals surface area contributed by atoms with Crippen molar-refractivity contribution in [3.63, 3.8) is 0 Å². The molecule has 4 nitrogen and oxygen atoms in total. The van der Waals surface area contributed by atoms with Gasteiger partial charge in [-0.3, -0.25) is 9.78 Å².